The van der Waals surface area contributed by atoms with E-state index in [2.05, 4.69) is 123 Å². The number of fused-ring (bicyclic) bond motifs is 3. The van der Waals surface area contributed by atoms with Crippen LogP contribution >= 0.6 is 11.3 Å². The van der Waals surface area contributed by atoms with Gasteiger partial charge in [0, 0.05) is 20.2 Å². The molecule has 1 heterocycles. The molecule has 0 unspecified atom stereocenters. The van der Waals surface area contributed by atoms with Gasteiger partial charge in [-0.25, -0.2) is 0 Å². The van der Waals surface area contributed by atoms with Crippen molar-refractivity contribution in [1.82, 2.24) is 0 Å². The Kier molecular flexibility index (Phi) is 5.28. The summed E-state index contributed by atoms with van der Waals surface area (Å²) in [5, 5.41) is 2.73. The zero-order valence-corrected chi connectivity index (χ0v) is 20.3. The minimum atomic E-state index is 0.930. The largest absolute Gasteiger partial charge is 0.135 e. The third-order valence-electron chi connectivity index (χ3n) is 6.75. The fourth-order valence-electron chi connectivity index (χ4n) is 5.06. The molecular weight excluding hydrogens is 428 g/mol. The minimum absolute atomic E-state index is 0.930. The van der Waals surface area contributed by atoms with E-state index < -0.39 is 0 Å². The van der Waals surface area contributed by atoms with E-state index in [1.165, 1.54) is 64.7 Å². The Labute approximate surface area is 205 Å². The van der Waals surface area contributed by atoms with Crippen LogP contribution in [-0.2, 0) is 6.42 Å². The van der Waals surface area contributed by atoms with Crippen molar-refractivity contribution in [3.05, 3.63) is 131 Å². The SMILES string of the molecule is Cc1cccc(-c2ccc(-c3ccccc3Cc3cccc4c3sc3ccccc34)c(C)c2)c1. The first-order valence-electron chi connectivity index (χ1n) is 11.8. The predicted octanol–water partition coefficient (Wildman–Crippen LogP) is 9.60. The van der Waals surface area contributed by atoms with Crippen molar-refractivity contribution < 1.29 is 0 Å². The average molecular weight is 455 g/mol. The molecule has 5 aromatic carbocycles. The highest BCUT2D eigenvalue weighted by molar-refractivity contribution is 7.26. The van der Waals surface area contributed by atoms with Gasteiger partial charge in [-0.2, -0.15) is 0 Å². The first-order chi connectivity index (χ1) is 16.7. The second kappa shape index (κ2) is 8.59. The predicted molar refractivity (Wildman–Crippen MR) is 149 cm³/mol. The van der Waals surface area contributed by atoms with E-state index in [4.69, 9.17) is 0 Å². The Bertz CT molecular complexity index is 1650. The van der Waals surface area contributed by atoms with Crippen molar-refractivity contribution in [1.29, 1.82) is 0 Å². The number of benzene rings is 5. The number of hydrogen-bond acceptors (Lipinski definition) is 1. The highest BCUT2D eigenvalue weighted by atomic mass is 32.1. The van der Waals surface area contributed by atoms with Gasteiger partial charge in [0.05, 0.1) is 0 Å². The molecule has 0 radical (unpaired) electrons. The zero-order chi connectivity index (χ0) is 23.1. The van der Waals surface area contributed by atoms with E-state index >= 15 is 0 Å². The lowest BCUT2D eigenvalue weighted by molar-refractivity contribution is 1.22. The van der Waals surface area contributed by atoms with Crippen molar-refractivity contribution in [3.8, 4) is 22.3 Å². The molecule has 0 amide bonds. The van der Waals surface area contributed by atoms with Gasteiger partial charge >= 0.3 is 0 Å². The van der Waals surface area contributed by atoms with E-state index in [-0.39, 0.29) is 0 Å². The van der Waals surface area contributed by atoms with E-state index in [0.717, 1.165) is 6.42 Å². The molecule has 164 valence electrons. The summed E-state index contributed by atoms with van der Waals surface area (Å²) in [6.07, 6.45) is 0.930. The Morgan fingerprint density at radius 3 is 2.18 bits per heavy atom. The Hall–Kier alpha value is -3.68. The molecule has 34 heavy (non-hydrogen) atoms. The first kappa shape index (κ1) is 20.9. The van der Waals surface area contributed by atoms with Gasteiger partial charge < -0.3 is 0 Å². The fraction of sp³-hybridized carbons (Fsp3) is 0.0909. The molecular formula is C33H26S. The molecule has 0 saturated carbocycles. The topological polar surface area (TPSA) is 0 Å². The van der Waals surface area contributed by atoms with Crippen molar-refractivity contribution in [3.63, 3.8) is 0 Å². The van der Waals surface area contributed by atoms with Gasteiger partial charge in [-0.05, 0) is 65.3 Å². The number of rotatable bonds is 4. The van der Waals surface area contributed by atoms with Gasteiger partial charge in [0.25, 0.3) is 0 Å². The number of hydrogen-bond donors (Lipinski definition) is 0. The molecule has 6 aromatic rings. The third kappa shape index (κ3) is 3.73. The number of thiophene rings is 1. The Morgan fingerprint density at radius 1 is 0.559 bits per heavy atom. The summed E-state index contributed by atoms with van der Waals surface area (Å²) in [5.41, 5.74) is 10.6. The lowest BCUT2D eigenvalue weighted by Gasteiger charge is -2.14. The third-order valence-corrected chi connectivity index (χ3v) is 8.01. The second-order valence-electron chi connectivity index (χ2n) is 9.13. The molecule has 6 rings (SSSR count). The van der Waals surface area contributed by atoms with Crippen LogP contribution in [0.5, 0.6) is 0 Å². The van der Waals surface area contributed by atoms with E-state index in [9.17, 15) is 0 Å². The van der Waals surface area contributed by atoms with Crippen LogP contribution in [0.25, 0.3) is 42.4 Å². The van der Waals surface area contributed by atoms with E-state index in [1.807, 2.05) is 11.3 Å². The van der Waals surface area contributed by atoms with Crippen molar-refractivity contribution in [2.45, 2.75) is 20.3 Å². The fourth-order valence-corrected chi connectivity index (χ4v) is 6.27. The molecule has 1 aromatic heterocycles. The summed E-state index contributed by atoms with van der Waals surface area (Å²) < 4.78 is 2.77. The first-order valence-corrected chi connectivity index (χ1v) is 12.6. The molecule has 0 saturated heterocycles. The quantitative estimate of drug-likeness (QED) is 0.249. The zero-order valence-electron chi connectivity index (χ0n) is 19.5. The summed E-state index contributed by atoms with van der Waals surface area (Å²) in [6, 6.07) is 40.0. The molecule has 0 spiro atoms. The molecule has 0 N–H and O–H groups in total. The van der Waals surface area contributed by atoms with Crippen molar-refractivity contribution in [2.24, 2.45) is 0 Å². The van der Waals surface area contributed by atoms with Crippen LogP contribution in [0, 0.1) is 13.8 Å². The van der Waals surface area contributed by atoms with Crippen LogP contribution in [0.4, 0.5) is 0 Å². The van der Waals surface area contributed by atoms with Gasteiger partial charge in [-0.1, -0.05) is 109 Å². The molecule has 0 fully saturated rings. The molecule has 0 nitrogen and oxygen atoms in total. The lowest BCUT2D eigenvalue weighted by Crippen LogP contribution is -1.94. The van der Waals surface area contributed by atoms with Gasteiger partial charge in [0.15, 0.2) is 0 Å². The normalized spacial score (nSPS) is 11.4. The summed E-state index contributed by atoms with van der Waals surface area (Å²) in [4.78, 5) is 0. The highest BCUT2D eigenvalue weighted by Crippen LogP contribution is 2.38. The van der Waals surface area contributed by atoms with Crippen LogP contribution in [0.2, 0.25) is 0 Å². The average Bonchev–Trinajstić information content (AvgIpc) is 3.24. The summed E-state index contributed by atoms with van der Waals surface area (Å²) >= 11 is 1.91. The van der Waals surface area contributed by atoms with Crippen LogP contribution in [0.1, 0.15) is 22.3 Å². The monoisotopic (exact) mass is 454 g/mol. The molecule has 0 aliphatic rings. The molecule has 0 atom stereocenters. The van der Waals surface area contributed by atoms with Crippen molar-refractivity contribution >= 4 is 31.5 Å². The maximum atomic E-state index is 2.33. The minimum Gasteiger partial charge on any atom is -0.135 e. The smallest absolute Gasteiger partial charge is 0.0390 e. The van der Waals surface area contributed by atoms with Gasteiger partial charge in [-0.3, -0.25) is 0 Å². The van der Waals surface area contributed by atoms with Crippen LogP contribution in [0.15, 0.2) is 109 Å². The van der Waals surface area contributed by atoms with Crippen molar-refractivity contribution in [2.75, 3.05) is 0 Å². The Morgan fingerprint density at radius 2 is 1.29 bits per heavy atom. The Balaban J connectivity index is 1.41. The molecule has 0 aliphatic heterocycles. The van der Waals surface area contributed by atoms with Crippen LogP contribution < -0.4 is 0 Å². The molecule has 0 aliphatic carbocycles. The summed E-state index contributed by atoms with van der Waals surface area (Å²) in [6.45, 7) is 4.39. The molecule has 0 bridgehead atoms. The van der Waals surface area contributed by atoms with E-state index in [1.54, 1.807) is 0 Å². The second-order valence-corrected chi connectivity index (χ2v) is 10.2. The lowest BCUT2D eigenvalue weighted by atomic mass is 9.90. The maximum Gasteiger partial charge on any atom is 0.0390 e. The standard InChI is InChI=1S/C33H26S/c1-22-9-7-11-24(19-22)25-17-18-28(23(2)20-25)29-13-4-3-10-26(29)21-27-12-8-15-31-30-14-5-6-16-32(30)34-33(27)31/h3-20H,21H2,1-2H3. The van der Waals surface area contributed by atoms with Crippen LogP contribution in [-0.4, -0.2) is 0 Å². The molecule has 1 heteroatoms. The van der Waals surface area contributed by atoms with Gasteiger partial charge in [0.2, 0.25) is 0 Å². The van der Waals surface area contributed by atoms with E-state index in [0.29, 0.717) is 0 Å². The van der Waals surface area contributed by atoms with Gasteiger partial charge in [0.1, 0.15) is 0 Å². The highest BCUT2D eigenvalue weighted by Gasteiger charge is 2.13. The summed E-state index contributed by atoms with van der Waals surface area (Å²) in [5.74, 6) is 0. The van der Waals surface area contributed by atoms with Gasteiger partial charge in [-0.15, -0.1) is 11.3 Å². The number of aryl methyl sites for hydroxylation is 2. The summed E-state index contributed by atoms with van der Waals surface area (Å²) in [7, 11) is 0. The van der Waals surface area contributed by atoms with Crippen LogP contribution in [0.3, 0.4) is 0 Å². The maximum absolute atomic E-state index is 2.33.